The van der Waals surface area contributed by atoms with Gasteiger partial charge in [0.25, 0.3) is 0 Å². The lowest BCUT2D eigenvalue weighted by Gasteiger charge is -2.00. The van der Waals surface area contributed by atoms with Gasteiger partial charge in [-0.25, -0.2) is 8.42 Å². The summed E-state index contributed by atoms with van der Waals surface area (Å²) in [6.07, 6.45) is 2.05. The average molecular weight is 166 g/mol. The predicted octanol–water partition coefficient (Wildman–Crippen LogP) is 1.71. The molecule has 0 unspecified atom stereocenters. The summed E-state index contributed by atoms with van der Waals surface area (Å²) >= 11 is 0. The van der Waals surface area contributed by atoms with Gasteiger partial charge >= 0.3 is 0 Å². The molecule has 0 aliphatic heterocycles. The van der Waals surface area contributed by atoms with Crippen molar-refractivity contribution >= 4 is 9.84 Å². The van der Waals surface area contributed by atoms with E-state index in [4.69, 9.17) is 0 Å². The fourth-order valence-corrected chi connectivity index (χ4v) is 1.35. The molecule has 0 aromatic rings. The molecule has 0 aromatic heterocycles. The molecule has 0 rings (SSSR count). The molecule has 0 heterocycles. The average Bonchev–Trinajstić information content (AvgIpc) is 1.59. The van der Waals surface area contributed by atoms with Gasteiger partial charge in [0, 0.05) is 6.26 Å². The molecule has 0 spiro atoms. The van der Waals surface area contributed by atoms with Crippen LogP contribution in [0.2, 0.25) is 0 Å². The maximum absolute atomic E-state index is 10.5. The van der Waals surface area contributed by atoms with E-state index >= 15 is 0 Å². The van der Waals surface area contributed by atoms with Crippen LogP contribution in [0.4, 0.5) is 0 Å². The number of sulfone groups is 1. The maximum Gasteiger partial charge on any atom is 0.147 e. The molecule has 64 valence electrons. The Kier molecular flexibility index (Phi) is 5.95. The van der Waals surface area contributed by atoms with Crippen molar-refractivity contribution in [2.24, 2.45) is 5.92 Å². The normalized spacial score (nSPS) is 11.2. The second-order valence-corrected chi connectivity index (χ2v) is 5.07. The van der Waals surface area contributed by atoms with Gasteiger partial charge in [0.15, 0.2) is 0 Å². The molecule has 0 bridgehead atoms. The Morgan fingerprint density at radius 1 is 1.30 bits per heavy atom. The van der Waals surface area contributed by atoms with Crippen molar-refractivity contribution in [1.82, 2.24) is 0 Å². The first-order valence-corrected chi connectivity index (χ1v) is 5.15. The predicted molar refractivity (Wildman–Crippen MR) is 45.9 cm³/mol. The first-order chi connectivity index (χ1) is 3.92. The van der Waals surface area contributed by atoms with Crippen LogP contribution in [0.3, 0.4) is 0 Å². The van der Waals surface area contributed by atoms with Crippen LogP contribution in [0.5, 0.6) is 0 Å². The van der Waals surface area contributed by atoms with Crippen LogP contribution >= 0.6 is 0 Å². The lowest BCUT2D eigenvalue weighted by molar-refractivity contribution is 0.578. The molecule has 0 saturated heterocycles. The van der Waals surface area contributed by atoms with Gasteiger partial charge in [-0.05, 0) is 12.3 Å². The molecule has 3 heteroatoms. The summed E-state index contributed by atoms with van der Waals surface area (Å²) in [5.74, 6) is 0.810. The van der Waals surface area contributed by atoms with E-state index in [0.29, 0.717) is 11.7 Å². The van der Waals surface area contributed by atoms with E-state index in [0.717, 1.165) is 6.42 Å². The van der Waals surface area contributed by atoms with E-state index in [-0.39, 0.29) is 7.43 Å². The van der Waals surface area contributed by atoms with Gasteiger partial charge in [0.05, 0.1) is 5.75 Å². The standard InChI is InChI=1S/C6H14O2S.CH4/c1-6(2)4-5-9(3,7)8;/h6H,4-5H2,1-3H3;1H4. The summed E-state index contributed by atoms with van der Waals surface area (Å²) in [4.78, 5) is 0. The van der Waals surface area contributed by atoms with Crippen molar-refractivity contribution in [1.29, 1.82) is 0 Å². The van der Waals surface area contributed by atoms with E-state index in [1.54, 1.807) is 0 Å². The summed E-state index contributed by atoms with van der Waals surface area (Å²) < 4.78 is 21.1. The summed E-state index contributed by atoms with van der Waals surface area (Å²) in [5.41, 5.74) is 0. The Hall–Kier alpha value is -0.0500. The van der Waals surface area contributed by atoms with Crippen molar-refractivity contribution in [2.75, 3.05) is 12.0 Å². The third-order valence-electron chi connectivity index (χ3n) is 1.07. The fourth-order valence-electron chi connectivity index (χ4n) is 0.450. The molecule has 0 aliphatic carbocycles. The van der Waals surface area contributed by atoms with Gasteiger partial charge in [0.1, 0.15) is 9.84 Å². The summed E-state index contributed by atoms with van der Waals surface area (Å²) in [6, 6.07) is 0. The van der Waals surface area contributed by atoms with Crippen molar-refractivity contribution < 1.29 is 8.42 Å². The highest BCUT2D eigenvalue weighted by molar-refractivity contribution is 7.90. The molecule has 0 N–H and O–H groups in total. The Bertz CT molecular complexity index is 156. The van der Waals surface area contributed by atoms with E-state index < -0.39 is 9.84 Å². The highest BCUT2D eigenvalue weighted by atomic mass is 32.2. The Balaban J connectivity index is 0. The van der Waals surface area contributed by atoms with Gasteiger partial charge in [0.2, 0.25) is 0 Å². The molecule has 0 aromatic carbocycles. The molecule has 10 heavy (non-hydrogen) atoms. The van der Waals surface area contributed by atoms with Crippen LogP contribution in [0.15, 0.2) is 0 Å². The largest absolute Gasteiger partial charge is 0.229 e. The third-order valence-corrected chi connectivity index (χ3v) is 2.04. The van der Waals surface area contributed by atoms with Crippen molar-refractivity contribution in [3.05, 3.63) is 0 Å². The van der Waals surface area contributed by atoms with E-state index in [1.807, 2.05) is 13.8 Å². The lowest BCUT2D eigenvalue weighted by Crippen LogP contribution is -2.05. The Labute approximate surface area is 64.6 Å². The molecule has 0 amide bonds. The molecule has 0 atom stereocenters. The smallest absolute Gasteiger partial charge is 0.147 e. The fraction of sp³-hybridized carbons (Fsp3) is 1.00. The first kappa shape index (κ1) is 12.6. The Morgan fingerprint density at radius 3 is 1.80 bits per heavy atom. The van der Waals surface area contributed by atoms with E-state index in [2.05, 4.69) is 0 Å². The van der Waals surface area contributed by atoms with Crippen LogP contribution in [0.25, 0.3) is 0 Å². The van der Waals surface area contributed by atoms with Crippen LogP contribution in [-0.2, 0) is 9.84 Å². The van der Waals surface area contributed by atoms with Crippen LogP contribution in [0, 0.1) is 5.92 Å². The van der Waals surface area contributed by atoms with Crippen molar-refractivity contribution in [3.63, 3.8) is 0 Å². The topological polar surface area (TPSA) is 34.1 Å². The number of rotatable bonds is 3. The summed E-state index contributed by atoms with van der Waals surface area (Å²) in [6.45, 7) is 4.04. The van der Waals surface area contributed by atoms with Crippen molar-refractivity contribution in [2.45, 2.75) is 27.7 Å². The van der Waals surface area contributed by atoms with Crippen LogP contribution < -0.4 is 0 Å². The Morgan fingerprint density at radius 2 is 1.70 bits per heavy atom. The molecule has 0 aliphatic rings. The zero-order valence-corrected chi connectivity index (χ0v) is 7.03. The van der Waals surface area contributed by atoms with Crippen LogP contribution in [-0.4, -0.2) is 20.4 Å². The minimum Gasteiger partial charge on any atom is -0.229 e. The minimum atomic E-state index is -2.72. The molecule has 0 fully saturated rings. The minimum absolute atomic E-state index is 0. The first-order valence-electron chi connectivity index (χ1n) is 3.09. The highest BCUT2D eigenvalue weighted by Gasteiger charge is 2.02. The zero-order chi connectivity index (χ0) is 7.49. The van der Waals surface area contributed by atoms with E-state index in [1.165, 1.54) is 6.26 Å². The second-order valence-electron chi connectivity index (χ2n) is 2.81. The quantitative estimate of drug-likeness (QED) is 0.639. The zero-order valence-electron chi connectivity index (χ0n) is 6.22. The molecular formula is C7H18O2S. The van der Waals surface area contributed by atoms with Crippen LogP contribution in [0.1, 0.15) is 27.7 Å². The van der Waals surface area contributed by atoms with Gasteiger partial charge in [-0.15, -0.1) is 0 Å². The second kappa shape index (κ2) is 4.72. The molecular weight excluding hydrogens is 148 g/mol. The van der Waals surface area contributed by atoms with Gasteiger partial charge in [-0.3, -0.25) is 0 Å². The number of hydrogen-bond donors (Lipinski definition) is 0. The van der Waals surface area contributed by atoms with E-state index in [9.17, 15) is 8.42 Å². The third kappa shape index (κ3) is 10.8. The van der Waals surface area contributed by atoms with Crippen molar-refractivity contribution in [3.8, 4) is 0 Å². The highest BCUT2D eigenvalue weighted by Crippen LogP contribution is 2.00. The van der Waals surface area contributed by atoms with Gasteiger partial charge < -0.3 is 0 Å². The molecule has 2 nitrogen and oxygen atoms in total. The lowest BCUT2D eigenvalue weighted by atomic mass is 10.2. The van der Waals surface area contributed by atoms with Gasteiger partial charge in [-0.2, -0.15) is 0 Å². The van der Waals surface area contributed by atoms with Gasteiger partial charge in [-0.1, -0.05) is 21.3 Å². The molecule has 0 radical (unpaired) electrons. The SMILES string of the molecule is C.CC(C)CCS(C)(=O)=O. The number of hydrogen-bond acceptors (Lipinski definition) is 2. The summed E-state index contributed by atoms with van der Waals surface area (Å²) in [7, 11) is -2.72. The summed E-state index contributed by atoms with van der Waals surface area (Å²) in [5, 5.41) is 0. The molecule has 0 saturated carbocycles. The maximum atomic E-state index is 10.5. The monoisotopic (exact) mass is 166 g/mol.